The van der Waals surface area contributed by atoms with Crippen LogP contribution in [-0.4, -0.2) is 75.8 Å². The molecule has 0 atom stereocenters. The SMILES string of the molecule is O=S(=O)([O-])OS(=O)(=O)[O-].O=S(=O)([O-])OS(=O)(=O)[O-].[Sn]. The molecule has 0 unspecified atom stereocenters. The number of hydrogen-bond acceptors (Lipinski definition) is 14. The van der Waals surface area contributed by atoms with Crippen molar-refractivity contribution in [1.29, 1.82) is 0 Å². The maximum absolute atomic E-state index is 9.29. The van der Waals surface area contributed by atoms with E-state index in [0.29, 0.717) is 0 Å². The predicted octanol–water partition coefficient (Wildman–Crippen LogP) is -4.53. The molecule has 19 heavy (non-hydrogen) atoms. The number of hydrogen-bond donors (Lipinski definition) is 0. The molecule has 0 amide bonds. The fraction of sp³-hybridized carbons (Fsp3) is 0. The Labute approximate surface area is 124 Å². The van der Waals surface area contributed by atoms with Gasteiger partial charge in [-0.1, -0.05) is 0 Å². The summed E-state index contributed by atoms with van der Waals surface area (Å²) in [7, 11) is -21.7. The van der Waals surface area contributed by atoms with Crippen molar-refractivity contribution in [2.24, 2.45) is 0 Å². The van der Waals surface area contributed by atoms with E-state index in [1.54, 1.807) is 0 Å². The molecular formula is O14S4Sn-4. The van der Waals surface area contributed by atoms with E-state index in [1.165, 1.54) is 0 Å². The third-order valence-corrected chi connectivity index (χ3v) is 3.00. The molecule has 0 N–H and O–H groups in total. The third-order valence-electron chi connectivity index (χ3n) is 0.333. The summed E-state index contributed by atoms with van der Waals surface area (Å²) in [4.78, 5) is 0. The Kier molecular flexibility index (Phi) is 10.2. The Balaban J connectivity index is -0.000000256. The first-order chi connectivity index (χ1) is 7.41. The van der Waals surface area contributed by atoms with Gasteiger partial charge >= 0.3 is 0 Å². The molecule has 0 aliphatic heterocycles. The molecule has 0 aromatic rings. The molecule has 14 nitrogen and oxygen atoms in total. The van der Waals surface area contributed by atoms with Crippen LogP contribution in [0.15, 0.2) is 0 Å². The quantitative estimate of drug-likeness (QED) is 0.213. The normalized spacial score (nSPS) is 12.8. The van der Waals surface area contributed by atoms with Crippen LogP contribution >= 0.6 is 0 Å². The monoisotopic (exact) mass is 472 g/mol. The second-order valence-corrected chi connectivity index (χ2v) is 6.12. The van der Waals surface area contributed by atoms with Gasteiger partial charge in [-0.15, -0.1) is 0 Å². The van der Waals surface area contributed by atoms with Crippen molar-refractivity contribution in [3.63, 3.8) is 0 Å². The smallest absolute Gasteiger partial charge is 0.231 e. The summed E-state index contributed by atoms with van der Waals surface area (Å²) < 4.78 is 116. The van der Waals surface area contributed by atoms with E-state index in [0.717, 1.165) is 0 Å². The largest absolute Gasteiger partial charge is 0.725 e. The summed E-state index contributed by atoms with van der Waals surface area (Å²) in [6.07, 6.45) is 0. The van der Waals surface area contributed by atoms with E-state index in [2.05, 4.69) is 7.26 Å². The molecule has 0 saturated carbocycles. The molecule has 0 saturated heterocycles. The molecule has 116 valence electrons. The summed E-state index contributed by atoms with van der Waals surface area (Å²) in [5, 5.41) is 0. The zero-order valence-electron chi connectivity index (χ0n) is 7.85. The van der Waals surface area contributed by atoms with E-state index >= 15 is 0 Å². The summed E-state index contributed by atoms with van der Waals surface area (Å²) >= 11 is 0. The zero-order chi connectivity index (χ0) is 15.4. The van der Waals surface area contributed by atoms with Gasteiger partial charge in [0.2, 0.25) is 41.6 Å². The summed E-state index contributed by atoms with van der Waals surface area (Å²) in [5.41, 5.74) is 0. The van der Waals surface area contributed by atoms with Gasteiger partial charge in [0.05, 0.1) is 0 Å². The Morgan fingerprint density at radius 2 is 0.579 bits per heavy atom. The van der Waals surface area contributed by atoms with Gasteiger partial charge in [0.15, 0.2) is 0 Å². The fourth-order valence-corrected chi connectivity index (χ4v) is 1.84. The van der Waals surface area contributed by atoms with Gasteiger partial charge < -0.3 is 18.2 Å². The second kappa shape index (κ2) is 7.96. The van der Waals surface area contributed by atoms with Crippen molar-refractivity contribution in [2.45, 2.75) is 0 Å². The van der Waals surface area contributed by atoms with Crippen LogP contribution in [-0.2, 0) is 48.9 Å². The van der Waals surface area contributed by atoms with Crippen LogP contribution in [0.4, 0.5) is 0 Å². The molecule has 0 aromatic carbocycles. The van der Waals surface area contributed by atoms with Crippen molar-refractivity contribution >= 4 is 65.5 Å². The molecule has 0 rings (SSSR count). The van der Waals surface area contributed by atoms with Crippen LogP contribution in [0, 0.1) is 0 Å². The van der Waals surface area contributed by atoms with Crippen LogP contribution in [0.5, 0.6) is 0 Å². The predicted molar refractivity (Wildman–Crippen MR) is 46.7 cm³/mol. The van der Waals surface area contributed by atoms with Crippen molar-refractivity contribution < 1.29 is 59.1 Å². The van der Waals surface area contributed by atoms with Crippen molar-refractivity contribution in [1.82, 2.24) is 0 Å². The maximum Gasteiger partial charge on any atom is 0.231 e. The zero-order valence-corrected chi connectivity index (χ0v) is 14.0. The molecule has 0 aliphatic carbocycles. The first-order valence-corrected chi connectivity index (χ1v) is 8.00. The van der Waals surface area contributed by atoms with Gasteiger partial charge in [0, 0.05) is 23.9 Å². The van der Waals surface area contributed by atoms with E-state index in [1.807, 2.05) is 0 Å². The van der Waals surface area contributed by atoms with Crippen LogP contribution in [0.1, 0.15) is 0 Å². The molecule has 0 bridgehead atoms. The van der Waals surface area contributed by atoms with Gasteiger partial charge in [0.1, 0.15) is 0 Å². The van der Waals surface area contributed by atoms with E-state index in [-0.39, 0.29) is 23.9 Å². The third kappa shape index (κ3) is 32.2. The Hall–Kier alpha value is 0.359. The minimum absolute atomic E-state index is 0. The summed E-state index contributed by atoms with van der Waals surface area (Å²) in [5.74, 6) is 0. The fourth-order valence-electron chi connectivity index (χ4n) is 0.204. The van der Waals surface area contributed by atoms with Crippen molar-refractivity contribution in [3.05, 3.63) is 0 Å². The Bertz CT molecular complexity index is 532. The Morgan fingerprint density at radius 3 is 0.579 bits per heavy atom. The van der Waals surface area contributed by atoms with Crippen LogP contribution < -0.4 is 0 Å². The molecule has 4 radical (unpaired) electrons. The number of rotatable bonds is 4. The van der Waals surface area contributed by atoms with Crippen molar-refractivity contribution in [3.8, 4) is 0 Å². The maximum atomic E-state index is 9.29. The van der Waals surface area contributed by atoms with Crippen LogP contribution in [0.3, 0.4) is 0 Å². The van der Waals surface area contributed by atoms with Gasteiger partial charge in [-0.25, -0.2) is 33.7 Å². The van der Waals surface area contributed by atoms with E-state index < -0.39 is 41.6 Å². The average molecular weight is 471 g/mol. The first kappa shape index (κ1) is 24.4. The average Bonchev–Trinajstić information content (AvgIpc) is 1.64. The van der Waals surface area contributed by atoms with E-state index in [4.69, 9.17) is 0 Å². The van der Waals surface area contributed by atoms with E-state index in [9.17, 15) is 51.9 Å². The topological polar surface area (TPSA) is 247 Å². The van der Waals surface area contributed by atoms with Crippen LogP contribution in [0.25, 0.3) is 0 Å². The molecule has 0 fully saturated rings. The van der Waals surface area contributed by atoms with Gasteiger partial charge in [-0.3, -0.25) is 0 Å². The second-order valence-electron chi connectivity index (χ2n) is 1.77. The molecule has 0 spiro atoms. The first-order valence-electron chi connectivity index (χ1n) is 2.67. The van der Waals surface area contributed by atoms with Gasteiger partial charge in [-0.05, 0) is 0 Å². The van der Waals surface area contributed by atoms with Gasteiger partial charge in [-0.2, -0.15) is 7.26 Å². The molecule has 0 heterocycles. The van der Waals surface area contributed by atoms with Crippen molar-refractivity contribution in [2.75, 3.05) is 0 Å². The summed E-state index contributed by atoms with van der Waals surface area (Å²) in [6, 6.07) is 0. The summed E-state index contributed by atoms with van der Waals surface area (Å²) in [6.45, 7) is 0. The standard InChI is InChI=1S/2H2O7S2.Sn/c2*1-8(2,3)7-9(4,5)6;/h2*(H,1,2,3)(H,4,5,6);/p-4. The van der Waals surface area contributed by atoms with Crippen LogP contribution in [0.2, 0.25) is 0 Å². The molecule has 0 aromatic heterocycles. The minimum atomic E-state index is -5.43. The van der Waals surface area contributed by atoms with Gasteiger partial charge in [0.25, 0.3) is 0 Å². The minimum Gasteiger partial charge on any atom is -0.725 e. The molecule has 0 aliphatic rings. The Morgan fingerprint density at radius 1 is 0.474 bits per heavy atom. The molecular weight excluding hydrogens is 471 g/mol. The molecule has 19 heteroatoms.